The number of nitrogens with one attached hydrogen (secondary N) is 1. The Hall–Kier alpha value is -2.38. The average Bonchev–Trinajstić information content (AvgIpc) is 3.10. The summed E-state index contributed by atoms with van der Waals surface area (Å²) in [5, 5.41) is 1.32. The van der Waals surface area contributed by atoms with Crippen LogP contribution >= 0.6 is 11.6 Å². The van der Waals surface area contributed by atoms with Gasteiger partial charge in [0.05, 0.1) is 7.11 Å². The fourth-order valence-electron chi connectivity index (χ4n) is 3.78. The zero-order chi connectivity index (χ0) is 19.5. The molecule has 28 heavy (non-hydrogen) atoms. The molecule has 3 aromatic rings. The topological polar surface area (TPSA) is 57.3 Å². The Morgan fingerprint density at radius 1 is 1.25 bits per heavy atom. The van der Waals surface area contributed by atoms with Crippen molar-refractivity contribution in [2.75, 3.05) is 44.7 Å². The van der Waals surface area contributed by atoms with Gasteiger partial charge in [-0.1, -0.05) is 11.6 Å². The lowest BCUT2D eigenvalue weighted by atomic mass is 10.1. The van der Waals surface area contributed by atoms with Gasteiger partial charge in [-0.2, -0.15) is 0 Å². The average molecular weight is 406 g/mol. The number of aryl methyl sites for hydroxylation is 1. The lowest BCUT2D eigenvalue weighted by molar-refractivity contribution is 0.253. The number of hydrogen-bond donors (Lipinski definition) is 1. The van der Waals surface area contributed by atoms with Crippen LogP contribution in [-0.2, 0) is 6.42 Å². The molecule has 0 amide bonds. The maximum Gasteiger partial charge on any atom is 0.199 e. The predicted molar refractivity (Wildman–Crippen MR) is 109 cm³/mol. The summed E-state index contributed by atoms with van der Waals surface area (Å²) in [5.74, 6) is 1.09. The van der Waals surface area contributed by atoms with E-state index in [-0.39, 0.29) is 5.82 Å². The Morgan fingerprint density at radius 2 is 2.07 bits per heavy atom. The summed E-state index contributed by atoms with van der Waals surface area (Å²) in [6, 6.07) is 4.89. The molecule has 1 aliphatic rings. The molecule has 0 spiro atoms. The van der Waals surface area contributed by atoms with Gasteiger partial charge in [0, 0.05) is 43.3 Å². The summed E-state index contributed by atoms with van der Waals surface area (Å²) < 4.78 is 18.9. The second kappa shape index (κ2) is 8.32. The molecule has 1 saturated heterocycles. The van der Waals surface area contributed by atoms with E-state index in [1.807, 2.05) is 6.20 Å². The van der Waals surface area contributed by atoms with E-state index in [9.17, 15) is 4.39 Å². The van der Waals surface area contributed by atoms with Crippen LogP contribution in [0.1, 0.15) is 12.0 Å². The molecule has 3 heterocycles. The minimum absolute atomic E-state index is 0.190. The molecule has 148 valence electrons. The van der Waals surface area contributed by atoms with Crippen molar-refractivity contribution in [2.45, 2.75) is 12.8 Å². The first-order valence-electron chi connectivity index (χ1n) is 9.43. The van der Waals surface area contributed by atoms with Gasteiger partial charge in [0.25, 0.3) is 0 Å². The Balaban J connectivity index is 1.30. The molecule has 0 unspecified atom stereocenters. The van der Waals surface area contributed by atoms with E-state index in [4.69, 9.17) is 16.3 Å². The minimum Gasteiger partial charge on any atom is -0.490 e. The number of H-pyrrole nitrogens is 1. The number of benzene rings is 1. The van der Waals surface area contributed by atoms with Gasteiger partial charge in [0.1, 0.15) is 12.1 Å². The van der Waals surface area contributed by atoms with Crippen molar-refractivity contribution in [1.82, 2.24) is 19.9 Å². The van der Waals surface area contributed by atoms with Crippen LogP contribution in [0, 0.1) is 5.82 Å². The number of halogens is 2. The quantitative estimate of drug-likeness (QED) is 0.636. The highest BCUT2D eigenvalue weighted by Gasteiger charge is 2.22. The zero-order valence-corrected chi connectivity index (χ0v) is 16.5. The lowest BCUT2D eigenvalue weighted by Crippen LogP contribution is -2.47. The third kappa shape index (κ3) is 3.91. The first kappa shape index (κ1) is 19.0. The van der Waals surface area contributed by atoms with Crippen molar-refractivity contribution in [3.8, 4) is 5.75 Å². The van der Waals surface area contributed by atoms with Crippen molar-refractivity contribution in [3.63, 3.8) is 0 Å². The molecule has 2 aromatic heterocycles. The Morgan fingerprint density at radius 3 is 2.86 bits per heavy atom. The van der Waals surface area contributed by atoms with Crippen molar-refractivity contribution in [1.29, 1.82) is 0 Å². The van der Waals surface area contributed by atoms with Crippen LogP contribution in [0.5, 0.6) is 5.75 Å². The van der Waals surface area contributed by atoms with Crippen LogP contribution in [0.4, 0.5) is 10.2 Å². The molecule has 1 aliphatic heterocycles. The van der Waals surface area contributed by atoms with Gasteiger partial charge >= 0.3 is 0 Å². The molecule has 0 saturated carbocycles. The standard InChI is InChI=1S/C20H23ClFN5O/c1-28-18-19(21)24-13-25-20(18)27-9-7-26(8-10-27)6-2-3-14-12-23-17-5-4-15(22)11-16(14)17/h4-5,11-13,23H,2-3,6-10H2,1H3/i13+2. The molecule has 1 aromatic carbocycles. The molecule has 0 atom stereocenters. The van der Waals surface area contributed by atoms with Gasteiger partial charge < -0.3 is 14.6 Å². The van der Waals surface area contributed by atoms with Crippen LogP contribution < -0.4 is 9.64 Å². The number of hydrogen-bond acceptors (Lipinski definition) is 5. The zero-order valence-electron chi connectivity index (χ0n) is 15.8. The summed E-state index contributed by atoms with van der Waals surface area (Å²) in [6.07, 6.45) is 5.43. The molecule has 8 heteroatoms. The maximum atomic E-state index is 13.5. The van der Waals surface area contributed by atoms with Gasteiger partial charge in [-0.15, -0.1) is 0 Å². The molecule has 1 fully saturated rings. The fourth-order valence-corrected chi connectivity index (χ4v) is 3.98. The molecular weight excluding hydrogens is 383 g/mol. The van der Waals surface area contributed by atoms with E-state index in [0.717, 1.165) is 62.3 Å². The van der Waals surface area contributed by atoms with Gasteiger partial charge in [-0.05, 0) is 43.1 Å². The number of rotatable bonds is 6. The Labute approximate surface area is 168 Å². The molecule has 0 bridgehead atoms. The van der Waals surface area contributed by atoms with Crippen molar-refractivity contribution in [2.24, 2.45) is 0 Å². The van der Waals surface area contributed by atoms with Crippen LogP contribution in [0.3, 0.4) is 0 Å². The molecule has 0 aliphatic carbocycles. The summed E-state index contributed by atoms with van der Waals surface area (Å²) >= 11 is 6.11. The first-order valence-corrected chi connectivity index (χ1v) is 9.81. The Kier molecular flexibility index (Phi) is 5.64. The second-order valence-corrected chi connectivity index (χ2v) is 7.32. The van der Waals surface area contributed by atoms with E-state index in [1.165, 1.54) is 18.0 Å². The third-order valence-electron chi connectivity index (χ3n) is 5.27. The fraction of sp³-hybridized carbons (Fsp3) is 0.400. The summed E-state index contributed by atoms with van der Waals surface area (Å²) in [4.78, 5) is 16.2. The monoisotopic (exact) mass is 405 g/mol. The molecule has 1 N–H and O–H groups in total. The summed E-state index contributed by atoms with van der Waals surface area (Å²) in [6.45, 7) is 4.64. The van der Waals surface area contributed by atoms with Crippen molar-refractivity contribution >= 4 is 28.3 Å². The minimum atomic E-state index is -0.190. The SMILES string of the molecule is COc1c(Cl)n[14cH]nc1N1CCN(CCCc2c[nH]c3ccc(F)cc23)CC1. The molecule has 4 rings (SSSR count). The first-order chi connectivity index (χ1) is 13.7. The smallest absolute Gasteiger partial charge is 0.199 e. The van der Waals surface area contributed by atoms with Gasteiger partial charge in [-0.25, -0.2) is 14.4 Å². The molecular formula is C20H23ClFN5O. The van der Waals surface area contributed by atoms with Gasteiger partial charge in [0.15, 0.2) is 16.7 Å². The normalized spacial score (nSPS) is 15.3. The number of aromatic amines is 1. The van der Waals surface area contributed by atoms with Crippen LogP contribution in [0.2, 0.25) is 5.15 Å². The number of piperazine rings is 1. The van der Waals surface area contributed by atoms with E-state index >= 15 is 0 Å². The number of anilines is 1. The Bertz CT molecular complexity index is 955. The van der Waals surface area contributed by atoms with Crippen molar-refractivity contribution in [3.05, 3.63) is 47.3 Å². The second-order valence-electron chi connectivity index (χ2n) is 6.96. The van der Waals surface area contributed by atoms with E-state index in [0.29, 0.717) is 10.9 Å². The van der Waals surface area contributed by atoms with Crippen molar-refractivity contribution < 1.29 is 9.13 Å². The van der Waals surface area contributed by atoms with Gasteiger partial charge in [-0.3, -0.25) is 4.90 Å². The van der Waals surface area contributed by atoms with Gasteiger partial charge in [0.2, 0.25) is 0 Å². The number of fused-ring (bicyclic) bond motifs is 1. The summed E-state index contributed by atoms with van der Waals surface area (Å²) in [7, 11) is 1.58. The maximum absolute atomic E-state index is 13.5. The predicted octanol–water partition coefficient (Wildman–Crippen LogP) is 3.51. The number of nitrogens with zero attached hydrogens (tertiary/aromatic N) is 4. The largest absolute Gasteiger partial charge is 0.490 e. The molecule has 0 radical (unpaired) electrons. The van der Waals surface area contributed by atoms with E-state index < -0.39 is 0 Å². The summed E-state index contributed by atoms with van der Waals surface area (Å²) in [5.41, 5.74) is 2.16. The third-order valence-corrected chi connectivity index (χ3v) is 5.54. The lowest BCUT2D eigenvalue weighted by Gasteiger charge is -2.35. The number of aromatic nitrogens is 3. The highest BCUT2D eigenvalue weighted by Crippen LogP contribution is 2.31. The highest BCUT2D eigenvalue weighted by atomic mass is 35.5. The van der Waals surface area contributed by atoms with Crippen LogP contribution in [0.25, 0.3) is 10.9 Å². The number of methoxy groups -OCH3 is 1. The molecule has 6 nitrogen and oxygen atoms in total. The van der Waals surface area contributed by atoms with Crippen LogP contribution in [-0.4, -0.2) is 59.7 Å². The van der Waals surface area contributed by atoms with E-state index in [2.05, 4.69) is 24.8 Å². The highest BCUT2D eigenvalue weighted by molar-refractivity contribution is 6.31. The van der Waals surface area contributed by atoms with E-state index in [1.54, 1.807) is 19.2 Å². The number of ether oxygens (including phenoxy) is 1. The van der Waals surface area contributed by atoms with Crippen LogP contribution in [0.15, 0.2) is 30.7 Å².